The third-order valence-electron chi connectivity index (χ3n) is 1.51. The second kappa shape index (κ2) is 4.12. The molecule has 0 spiro atoms. The van der Waals surface area contributed by atoms with Crippen LogP contribution in [0.15, 0.2) is 24.4 Å². The Kier molecular flexibility index (Phi) is 3.08. The molecule has 0 unspecified atom stereocenters. The second-order valence-corrected chi connectivity index (χ2v) is 2.61. The Morgan fingerprint density at radius 3 is 2.67 bits per heavy atom. The average molecular weight is 217 g/mol. The highest BCUT2D eigenvalue weighted by molar-refractivity contribution is 5.85. The van der Waals surface area contributed by atoms with Gasteiger partial charge in [0.1, 0.15) is 0 Å². The molecule has 1 heterocycles. The highest BCUT2D eigenvalue weighted by Gasteiger charge is 2.34. The number of aromatic nitrogens is 1. The Morgan fingerprint density at radius 2 is 2.13 bits per heavy atom. The van der Waals surface area contributed by atoms with Crippen molar-refractivity contribution in [3.63, 3.8) is 0 Å². The van der Waals surface area contributed by atoms with E-state index in [2.05, 4.69) is 4.98 Å². The number of carboxylic acid groups (broad SMARTS) is 1. The van der Waals surface area contributed by atoms with Crippen LogP contribution in [0, 0.1) is 0 Å². The van der Waals surface area contributed by atoms with E-state index in [-0.39, 0.29) is 5.56 Å². The summed E-state index contributed by atoms with van der Waals surface area (Å²) in [6.07, 6.45) is -2.09. The normalized spacial score (nSPS) is 11.9. The molecule has 3 nitrogen and oxygen atoms in total. The van der Waals surface area contributed by atoms with E-state index in [0.717, 1.165) is 18.3 Å². The topological polar surface area (TPSA) is 50.2 Å². The molecule has 1 aromatic rings. The van der Waals surface area contributed by atoms with E-state index in [1.807, 2.05) is 0 Å². The zero-order valence-electron chi connectivity index (χ0n) is 7.32. The minimum atomic E-state index is -4.58. The number of alkyl halides is 3. The molecule has 1 aromatic heterocycles. The van der Waals surface area contributed by atoms with Crippen molar-refractivity contribution >= 4 is 12.0 Å². The third kappa shape index (κ3) is 3.08. The number of pyridine rings is 1. The Morgan fingerprint density at radius 1 is 1.47 bits per heavy atom. The summed E-state index contributed by atoms with van der Waals surface area (Å²) >= 11 is 0. The fourth-order valence-corrected chi connectivity index (χ4v) is 0.950. The maximum atomic E-state index is 12.3. The molecule has 6 heteroatoms. The average Bonchev–Trinajstić information content (AvgIpc) is 2.13. The molecule has 1 rings (SSSR count). The molecule has 0 saturated carbocycles. The van der Waals surface area contributed by atoms with Gasteiger partial charge in [0, 0.05) is 17.8 Å². The van der Waals surface area contributed by atoms with Crippen molar-refractivity contribution in [2.45, 2.75) is 6.18 Å². The van der Waals surface area contributed by atoms with Crippen molar-refractivity contribution < 1.29 is 23.1 Å². The van der Waals surface area contributed by atoms with E-state index < -0.39 is 17.8 Å². The highest BCUT2D eigenvalue weighted by atomic mass is 19.4. The molecular weight excluding hydrogens is 211 g/mol. The van der Waals surface area contributed by atoms with Crippen molar-refractivity contribution in [1.82, 2.24) is 4.98 Å². The van der Waals surface area contributed by atoms with Gasteiger partial charge in [-0.1, -0.05) is 6.07 Å². The van der Waals surface area contributed by atoms with E-state index in [4.69, 9.17) is 5.11 Å². The third-order valence-corrected chi connectivity index (χ3v) is 1.51. The molecular formula is C9H6F3NO2. The smallest absolute Gasteiger partial charge is 0.433 e. The number of nitrogens with zero attached hydrogens (tertiary/aromatic N) is 1. The molecule has 0 amide bonds. The molecule has 0 atom stereocenters. The molecule has 80 valence electrons. The summed E-state index contributed by atoms with van der Waals surface area (Å²) in [6.45, 7) is 0. The molecule has 0 bridgehead atoms. The molecule has 0 fully saturated rings. The molecule has 1 N–H and O–H groups in total. The summed E-state index contributed by atoms with van der Waals surface area (Å²) in [5, 5.41) is 8.28. The Bertz CT molecular complexity index is 399. The first-order valence-electron chi connectivity index (χ1n) is 3.84. The lowest BCUT2D eigenvalue weighted by atomic mass is 10.1. The summed E-state index contributed by atoms with van der Waals surface area (Å²) in [7, 11) is 0. The number of hydrogen-bond donors (Lipinski definition) is 1. The van der Waals surface area contributed by atoms with Crippen LogP contribution in [0.1, 0.15) is 11.3 Å². The SMILES string of the molecule is O=C(O)C=Cc1cccnc1C(F)(F)F. The van der Waals surface area contributed by atoms with Gasteiger partial charge in [-0.15, -0.1) is 0 Å². The summed E-state index contributed by atoms with van der Waals surface area (Å²) < 4.78 is 37.0. The first-order chi connectivity index (χ1) is 6.91. The lowest BCUT2D eigenvalue weighted by Gasteiger charge is -2.07. The maximum absolute atomic E-state index is 12.3. The van der Waals surface area contributed by atoms with E-state index >= 15 is 0 Å². The summed E-state index contributed by atoms with van der Waals surface area (Å²) in [4.78, 5) is 13.3. The van der Waals surface area contributed by atoms with E-state index in [1.54, 1.807) is 0 Å². The number of carbonyl (C=O) groups is 1. The van der Waals surface area contributed by atoms with Crippen LogP contribution < -0.4 is 0 Å². The Labute approximate surface area is 82.9 Å². The zero-order valence-corrected chi connectivity index (χ0v) is 7.32. The van der Waals surface area contributed by atoms with Crippen LogP contribution in [-0.2, 0) is 11.0 Å². The minimum absolute atomic E-state index is 0.271. The highest BCUT2D eigenvalue weighted by Crippen LogP contribution is 2.30. The van der Waals surface area contributed by atoms with Gasteiger partial charge in [-0.3, -0.25) is 4.98 Å². The van der Waals surface area contributed by atoms with E-state index in [1.165, 1.54) is 6.07 Å². The molecule has 0 aromatic carbocycles. The predicted molar refractivity (Wildman–Crippen MR) is 45.9 cm³/mol. The number of aliphatic carboxylic acids is 1. The summed E-state index contributed by atoms with van der Waals surface area (Å²) in [5.41, 5.74) is -1.37. The van der Waals surface area contributed by atoms with Gasteiger partial charge in [0.05, 0.1) is 0 Å². The van der Waals surface area contributed by atoms with Crippen LogP contribution in [0.25, 0.3) is 6.08 Å². The predicted octanol–water partition coefficient (Wildman–Crippen LogP) is 2.20. The lowest BCUT2D eigenvalue weighted by Crippen LogP contribution is -2.09. The van der Waals surface area contributed by atoms with Crippen LogP contribution in [-0.4, -0.2) is 16.1 Å². The quantitative estimate of drug-likeness (QED) is 0.772. The van der Waals surface area contributed by atoms with Gasteiger partial charge in [0.2, 0.25) is 0 Å². The lowest BCUT2D eigenvalue weighted by molar-refractivity contribution is -0.141. The van der Waals surface area contributed by atoms with Crippen molar-refractivity contribution in [1.29, 1.82) is 0 Å². The maximum Gasteiger partial charge on any atom is 0.433 e. The minimum Gasteiger partial charge on any atom is -0.478 e. The van der Waals surface area contributed by atoms with Crippen molar-refractivity contribution in [3.8, 4) is 0 Å². The Hall–Kier alpha value is -1.85. The largest absolute Gasteiger partial charge is 0.478 e. The van der Waals surface area contributed by atoms with Gasteiger partial charge in [0.15, 0.2) is 5.69 Å². The Balaban J connectivity index is 3.13. The van der Waals surface area contributed by atoms with Crippen LogP contribution in [0.2, 0.25) is 0 Å². The van der Waals surface area contributed by atoms with Crippen LogP contribution in [0.5, 0.6) is 0 Å². The molecule has 0 aliphatic rings. The van der Waals surface area contributed by atoms with Gasteiger partial charge >= 0.3 is 12.1 Å². The standard InChI is InChI=1S/C9H6F3NO2/c10-9(11,12)8-6(2-1-5-13-8)3-4-7(14)15/h1-5H,(H,14,15). The van der Waals surface area contributed by atoms with Crippen LogP contribution >= 0.6 is 0 Å². The van der Waals surface area contributed by atoms with Crippen molar-refractivity contribution in [2.75, 3.05) is 0 Å². The number of hydrogen-bond acceptors (Lipinski definition) is 2. The van der Waals surface area contributed by atoms with Crippen molar-refractivity contribution in [3.05, 3.63) is 35.7 Å². The molecule has 0 saturated heterocycles. The number of rotatable bonds is 2. The monoisotopic (exact) mass is 217 g/mol. The van der Waals surface area contributed by atoms with Gasteiger partial charge in [-0.2, -0.15) is 13.2 Å². The van der Waals surface area contributed by atoms with Crippen molar-refractivity contribution in [2.24, 2.45) is 0 Å². The van der Waals surface area contributed by atoms with Crippen LogP contribution in [0.3, 0.4) is 0 Å². The molecule has 0 aliphatic heterocycles. The number of halogens is 3. The summed E-state index contributed by atoms with van der Waals surface area (Å²) in [5.74, 6) is -1.31. The van der Waals surface area contributed by atoms with Gasteiger partial charge in [0.25, 0.3) is 0 Å². The van der Waals surface area contributed by atoms with E-state index in [0.29, 0.717) is 6.08 Å². The van der Waals surface area contributed by atoms with Gasteiger partial charge < -0.3 is 5.11 Å². The fraction of sp³-hybridized carbons (Fsp3) is 0.111. The molecule has 0 radical (unpaired) electrons. The fourth-order valence-electron chi connectivity index (χ4n) is 0.950. The number of carboxylic acids is 1. The molecule has 0 aliphatic carbocycles. The van der Waals surface area contributed by atoms with Crippen LogP contribution in [0.4, 0.5) is 13.2 Å². The summed E-state index contributed by atoms with van der Waals surface area (Å²) in [6, 6.07) is 2.45. The van der Waals surface area contributed by atoms with Gasteiger partial charge in [-0.25, -0.2) is 4.79 Å². The molecule has 15 heavy (non-hydrogen) atoms. The first-order valence-corrected chi connectivity index (χ1v) is 3.84. The second-order valence-electron chi connectivity index (χ2n) is 2.61. The van der Waals surface area contributed by atoms with Gasteiger partial charge in [-0.05, 0) is 12.1 Å². The first kappa shape index (κ1) is 11.2. The zero-order chi connectivity index (χ0) is 11.5. The van der Waals surface area contributed by atoms with E-state index in [9.17, 15) is 18.0 Å².